The highest BCUT2D eigenvalue weighted by molar-refractivity contribution is 7.92. The number of benzene rings is 1. The predicted molar refractivity (Wildman–Crippen MR) is 77.9 cm³/mol. The SMILES string of the molecule is Cc1ccccc1S(=O)(=O)Nc1nc(Cl)ccc1[N+](=O)[O-]. The van der Waals surface area contributed by atoms with E-state index in [9.17, 15) is 18.5 Å². The standard InChI is InChI=1S/C12H10ClN3O4S/c1-8-4-2-3-5-10(8)21(19,20)15-12-9(16(17)18)6-7-11(13)14-12/h2-7H,1H3,(H,14,15). The van der Waals surface area contributed by atoms with Crippen LogP contribution in [0.5, 0.6) is 0 Å². The summed E-state index contributed by atoms with van der Waals surface area (Å²) in [6.07, 6.45) is 0. The number of hydrogen-bond donors (Lipinski definition) is 1. The first-order chi connectivity index (χ1) is 9.81. The average molecular weight is 328 g/mol. The van der Waals surface area contributed by atoms with Gasteiger partial charge in [0, 0.05) is 6.07 Å². The third-order valence-corrected chi connectivity index (χ3v) is 4.36. The minimum atomic E-state index is -3.99. The molecule has 0 saturated carbocycles. The number of rotatable bonds is 4. The van der Waals surface area contributed by atoms with Gasteiger partial charge in [-0.3, -0.25) is 14.8 Å². The van der Waals surface area contributed by atoms with E-state index in [2.05, 4.69) is 9.71 Å². The topological polar surface area (TPSA) is 102 Å². The molecule has 0 aliphatic rings. The van der Waals surface area contributed by atoms with Crippen molar-refractivity contribution in [1.82, 2.24) is 4.98 Å². The van der Waals surface area contributed by atoms with Crippen molar-refractivity contribution in [3.8, 4) is 0 Å². The molecule has 2 rings (SSSR count). The zero-order valence-electron chi connectivity index (χ0n) is 10.8. The quantitative estimate of drug-likeness (QED) is 0.528. The fraction of sp³-hybridized carbons (Fsp3) is 0.0833. The summed E-state index contributed by atoms with van der Waals surface area (Å²) in [6.45, 7) is 1.62. The number of nitro groups is 1. The van der Waals surface area contributed by atoms with Gasteiger partial charge in [0.05, 0.1) is 9.82 Å². The molecular formula is C12H10ClN3O4S. The van der Waals surface area contributed by atoms with Crippen molar-refractivity contribution >= 4 is 33.1 Å². The van der Waals surface area contributed by atoms with Crippen LogP contribution in [0.25, 0.3) is 0 Å². The maximum atomic E-state index is 12.3. The summed E-state index contributed by atoms with van der Waals surface area (Å²) in [7, 11) is -3.99. The number of anilines is 1. The number of sulfonamides is 1. The van der Waals surface area contributed by atoms with E-state index in [-0.39, 0.29) is 10.0 Å². The lowest BCUT2D eigenvalue weighted by atomic mass is 10.2. The minimum absolute atomic E-state index is 0.0149. The third kappa shape index (κ3) is 3.29. The Morgan fingerprint density at radius 1 is 1.24 bits per heavy atom. The highest BCUT2D eigenvalue weighted by Gasteiger charge is 2.23. The van der Waals surface area contributed by atoms with Gasteiger partial charge in [-0.1, -0.05) is 29.8 Å². The highest BCUT2D eigenvalue weighted by atomic mass is 35.5. The monoisotopic (exact) mass is 327 g/mol. The number of halogens is 1. The zero-order valence-corrected chi connectivity index (χ0v) is 12.4. The van der Waals surface area contributed by atoms with Gasteiger partial charge < -0.3 is 0 Å². The van der Waals surface area contributed by atoms with Gasteiger partial charge >= 0.3 is 5.69 Å². The molecule has 0 spiro atoms. The van der Waals surface area contributed by atoms with Crippen LogP contribution in [-0.2, 0) is 10.0 Å². The van der Waals surface area contributed by atoms with Crippen LogP contribution in [0.2, 0.25) is 5.15 Å². The van der Waals surface area contributed by atoms with Crippen molar-refractivity contribution in [2.45, 2.75) is 11.8 Å². The van der Waals surface area contributed by atoms with E-state index < -0.39 is 26.5 Å². The van der Waals surface area contributed by atoms with E-state index in [4.69, 9.17) is 11.6 Å². The number of hydrogen-bond acceptors (Lipinski definition) is 5. The number of aryl methyl sites for hydroxylation is 1. The molecule has 1 heterocycles. The summed E-state index contributed by atoms with van der Waals surface area (Å²) in [5.74, 6) is -0.421. The number of pyridine rings is 1. The van der Waals surface area contributed by atoms with Crippen LogP contribution in [0.15, 0.2) is 41.3 Å². The summed E-state index contributed by atoms with van der Waals surface area (Å²) in [6, 6.07) is 8.56. The molecule has 9 heteroatoms. The first-order valence-electron chi connectivity index (χ1n) is 5.70. The molecule has 2 aromatic rings. The average Bonchev–Trinajstić information content (AvgIpc) is 2.38. The molecule has 21 heavy (non-hydrogen) atoms. The lowest BCUT2D eigenvalue weighted by Gasteiger charge is -2.09. The van der Waals surface area contributed by atoms with Crippen LogP contribution in [0.1, 0.15) is 5.56 Å². The highest BCUT2D eigenvalue weighted by Crippen LogP contribution is 2.27. The Labute approximate surface area is 125 Å². The van der Waals surface area contributed by atoms with Crippen LogP contribution >= 0.6 is 11.6 Å². The Balaban J connectivity index is 2.49. The second-order valence-corrected chi connectivity index (χ2v) is 6.17. The van der Waals surface area contributed by atoms with Crippen LogP contribution in [0.4, 0.5) is 11.5 Å². The fourth-order valence-corrected chi connectivity index (χ4v) is 3.10. The summed E-state index contributed by atoms with van der Waals surface area (Å²) in [5.41, 5.74) is 0.0336. The van der Waals surface area contributed by atoms with Crippen LogP contribution in [0, 0.1) is 17.0 Å². The van der Waals surface area contributed by atoms with Crippen molar-refractivity contribution in [2.24, 2.45) is 0 Å². The Morgan fingerprint density at radius 3 is 2.52 bits per heavy atom. The summed E-state index contributed by atoms with van der Waals surface area (Å²) < 4.78 is 26.7. The molecule has 0 radical (unpaired) electrons. The molecule has 1 N–H and O–H groups in total. The molecule has 0 saturated heterocycles. The van der Waals surface area contributed by atoms with Gasteiger partial charge in [-0.2, -0.15) is 0 Å². The summed E-state index contributed by atoms with van der Waals surface area (Å²) in [4.78, 5) is 13.9. The molecular weight excluding hydrogens is 318 g/mol. The van der Waals surface area contributed by atoms with Gasteiger partial charge in [-0.15, -0.1) is 0 Å². The molecule has 1 aromatic carbocycles. The van der Waals surface area contributed by atoms with E-state index in [1.807, 2.05) is 0 Å². The zero-order chi connectivity index (χ0) is 15.6. The first-order valence-corrected chi connectivity index (χ1v) is 7.57. The normalized spacial score (nSPS) is 11.1. The second kappa shape index (κ2) is 5.66. The van der Waals surface area contributed by atoms with Crippen molar-refractivity contribution in [2.75, 3.05) is 4.72 Å². The fourth-order valence-electron chi connectivity index (χ4n) is 1.69. The molecule has 0 fully saturated rings. The molecule has 1 aromatic heterocycles. The Bertz CT molecular complexity index is 808. The van der Waals surface area contributed by atoms with Crippen molar-refractivity contribution in [1.29, 1.82) is 0 Å². The maximum Gasteiger partial charge on any atom is 0.312 e. The van der Waals surface area contributed by atoms with E-state index >= 15 is 0 Å². The smallest absolute Gasteiger partial charge is 0.258 e. The van der Waals surface area contributed by atoms with E-state index in [1.54, 1.807) is 25.1 Å². The molecule has 0 aliphatic carbocycles. The first kappa shape index (κ1) is 15.2. The molecule has 0 unspecified atom stereocenters. The van der Waals surface area contributed by atoms with Crippen molar-refractivity contribution in [3.63, 3.8) is 0 Å². The van der Waals surface area contributed by atoms with E-state index in [1.165, 1.54) is 12.1 Å². The van der Waals surface area contributed by atoms with Gasteiger partial charge in [0.25, 0.3) is 10.0 Å². The number of nitrogens with one attached hydrogen (secondary N) is 1. The van der Waals surface area contributed by atoms with E-state index in [0.717, 1.165) is 6.07 Å². The molecule has 110 valence electrons. The predicted octanol–water partition coefficient (Wildman–Crippen LogP) is 2.75. The third-order valence-electron chi connectivity index (χ3n) is 2.65. The van der Waals surface area contributed by atoms with Gasteiger partial charge in [0.15, 0.2) is 0 Å². The van der Waals surface area contributed by atoms with Gasteiger partial charge in [-0.25, -0.2) is 13.4 Å². The number of aromatic nitrogens is 1. The summed E-state index contributed by atoms with van der Waals surface area (Å²) in [5, 5.41) is 10.9. The lowest BCUT2D eigenvalue weighted by Crippen LogP contribution is -2.16. The van der Waals surface area contributed by atoms with Crippen LogP contribution < -0.4 is 4.72 Å². The molecule has 0 atom stereocenters. The Kier molecular flexibility index (Phi) is 4.10. The largest absolute Gasteiger partial charge is 0.312 e. The minimum Gasteiger partial charge on any atom is -0.258 e. The van der Waals surface area contributed by atoms with Gasteiger partial charge in [-0.05, 0) is 24.6 Å². The molecule has 0 bridgehead atoms. The molecule has 0 aliphatic heterocycles. The number of nitrogens with zero attached hydrogens (tertiary/aromatic N) is 2. The van der Waals surface area contributed by atoms with Crippen molar-refractivity contribution < 1.29 is 13.3 Å². The maximum absolute atomic E-state index is 12.3. The van der Waals surface area contributed by atoms with Gasteiger partial charge in [0.1, 0.15) is 5.15 Å². The van der Waals surface area contributed by atoms with Gasteiger partial charge in [0.2, 0.25) is 5.82 Å². The second-order valence-electron chi connectivity index (χ2n) is 4.13. The van der Waals surface area contributed by atoms with Crippen LogP contribution in [-0.4, -0.2) is 18.3 Å². The Hall–Kier alpha value is -2.19. The molecule has 7 nitrogen and oxygen atoms in total. The lowest BCUT2D eigenvalue weighted by molar-refractivity contribution is -0.384. The Morgan fingerprint density at radius 2 is 1.90 bits per heavy atom. The molecule has 0 amide bonds. The van der Waals surface area contributed by atoms with Crippen molar-refractivity contribution in [3.05, 3.63) is 57.2 Å². The van der Waals surface area contributed by atoms with Crippen LogP contribution in [0.3, 0.4) is 0 Å². The summed E-state index contributed by atoms with van der Waals surface area (Å²) >= 11 is 5.66. The van der Waals surface area contributed by atoms with E-state index in [0.29, 0.717) is 5.56 Å².